The van der Waals surface area contributed by atoms with Crippen LogP contribution in [0.2, 0.25) is 0 Å². The number of carbonyl (C=O) groups excluding carboxylic acids is 2. The summed E-state index contributed by atoms with van der Waals surface area (Å²) in [4.78, 5) is 28.6. The molecule has 0 saturated carbocycles. The molecule has 2 aromatic rings. The molecule has 1 aliphatic rings. The van der Waals surface area contributed by atoms with Crippen LogP contribution in [0, 0.1) is 5.92 Å². The van der Waals surface area contributed by atoms with E-state index in [1.54, 1.807) is 30.7 Å². The molecule has 7 nitrogen and oxygen atoms in total. The highest BCUT2D eigenvalue weighted by atomic mass is 16.2. The Morgan fingerprint density at radius 3 is 2.92 bits per heavy atom. The molecular formula is C19H25N5O2. The van der Waals surface area contributed by atoms with Crippen LogP contribution >= 0.6 is 0 Å². The number of fused-ring (bicyclic) bond motifs is 1. The summed E-state index contributed by atoms with van der Waals surface area (Å²) in [7, 11) is 0. The maximum atomic E-state index is 12.5. The first-order valence-electron chi connectivity index (χ1n) is 9.12. The minimum Gasteiger partial charge on any atom is -0.352 e. The van der Waals surface area contributed by atoms with Crippen LogP contribution in [0.5, 0.6) is 0 Å². The molecule has 0 saturated heterocycles. The van der Waals surface area contributed by atoms with Gasteiger partial charge < -0.3 is 10.6 Å². The summed E-state index contributed by atoms with van der Waals surface area (Å²) in [6.45, 7) is 5.37. The molecule has 0 bridgehead atoms. The summed E-state index contributed by atoms with van der Waals surface area (Å²) in [6.07, 6.45) is 7.40. The molecule has 0 radical (unpaired) electrons. The van der Waals surface area contributed by atoms with Crippen molar-refractivity contribution in [2.75, 3.05) is 6.54 Å². The van der Waals surface area contributed by atoms with Crippen LogP contribution in [0.3, 0.4) is 0 Å². The number of aromatic nitrogens is 3. The highest BCUT2D eigenvalue weighted by Crippen LogP contribution is 2.23. The van der Waals surface area contributed by atoms with E-state index in [0.717, 1.165) is 31.5 Å². The van der Waals surface area contributed by atoms with Gasteiger partial charge in [0.1, 0.15) is 0 Å². The van der Waals surface area contributed by atoms with Crippen LogP contribution < -0.4 is 10.6 Å². The lowest BCUT2D eigenvalue weighted by molar-refractivity contribution is 0.0927. The quantitative estimate of drug-likeness (QED) is 0.827. The van der Waals surface area contributed by atoms with Gasteiger partial charge in [-0.1, -0.05) is 6.92 Å². The molecule has 2 N–H and O–H groups in total. The Labute approximate surface area is 153 Å². The second-order valence-corrected chi connectivity index (χ2v) is 6.82. The number of aryl methyl sites for hydroxylation is 1. The lowest BCUT2D eigenvalue weighted by Crippen LogP contribution is -2.35. The Balaban J connectivity index is 1.61. The van der Waals surface area contributed by atoms with Crippen molar-refractivity contribution < 1.29 is 9.59 Å². The Hall–Kier alpha value is -2.70. The van der Waals surface area contributed by atoms with Gasteiger partial charge in [0, 0.05) is 31.5 Å². The number of nitrogens with zero attached hydrogens (tertiary/aromatic N) is 3. The fraction of sp³-hybridized carbons (Fsp3) is 0.474. The number of amides is 2. The van der Waals surface area contributed by atoms with E-state index in [1.165, 1.54) is 0 Å². The Morgan fingerprint density at radius 2 is 2.19 bits per heavy atom. The average molecular weight is 355 g/mol. The third-order valence-electron chi connectivity index (χ3n) is 4.89. The maximum absolute atomic E-state index is 12.5. The average Bonchev–Trinajstić information content (AvgIpc) is 3.10. The zero-order valence-electron chi connectivity index (χ0n) is 15.2. The Morgan fingerprint density at radius 1 is 1.35 bits per heavy atom. The molecule has 0 aliphatic carbocycles. The molecule has 0 aromatic carbocycles. The van der Waals surface area contributed by atoms with Crippen molar-refractivity contribution in [3.63, 3.8) is 0 Å². The fourth-order valence-electron chi connectivity index (χ4n) is 3.10. The molecule has 3 rings (SSSR count). The molecule has 26 heavy (non-hydrogen) atoms. The van der Waals surface area contributed by atoms with E-state index in [1.807, 2.05) is 18.5 Å². The van der Waals surface area contributed by atoms with Crippen LogP contribution in [0.25, 0.3) is 0 Å². The highest BCUT2D eigenvalue weighted by molar-refractivity contribution is 5.95. The molecule has 1 aliphatic heterocycles. The van der Waals surface area contributed by atoms with E-state index in [9.17, 15) is 9.59 Å². The lowest BCUT2D eigenvalue weighted by Gasteiger charge is -2.24. The summed E-state index contributed by atoms with van der Waals surface area (Å²) in [5, 5.41) is 10.3. The van der Waals surface area contributed by atoms with Gasteiger partial charge in [-0.15, -0.1) is 0 Å². The van der Waals surface area contributed by atoms with Gasteiger partial charge in [0.25, 0.3) is 11.8 Å². The predicted octanol–water partition coefficient (Wildman–Crippen LogP) is 1.80. The molecular weight excluding hydrogens is 330 g/mol. The largest absolute Gasteiger partial charge is 0.352 e. The normalized spacial score (nSPS) is 17.2. The van der Waals surface area contributed by atoms with Crippen LogP contribution in [0.15, 0.2) is 30.7 Å². The smallest absolute Gasteiger partial charge is 0.254 e. The van der Waals surface area contributed by atoms with Gasteiger partial charge in [0.05, 0.1) is 23.0 Å². The third kappa shape index (κ3) is 4.09. The summed E-state index contributed by atoms with van der Waals surface area (Å²) in [5.74, 6) is 0.0996. The summed E-state index contributed by atoms with van der Waals surface area (Å²) in [6, 6.07) is 3.63. The van der Waals surface area contributed by atoms with Crippen LogP contribution in [-0.2, 0) is 13.0 Å². The minimum atomic E-state index is -0.119. The second kappa shape index (κ2) is 8.12. The third-order valence-corrected chi connectivity index (χ3v) is 4.89. The lowest BCUT2D eigenvalue weighted by atomic mass is 9.94. The Kier molecular flexibility index (Phi) is 5.65. The van der Waals surface area contributed by atoms with E-state index in [-0.39, 0.29) is 23.8 Å². The van der Waals surface area contributed by atoms with E-state index in [2.05, 4.69) is 20.7 Å². The van der Waals surface area contributed by atoms with Gasteiger partial charge in [-0.05, 0) is 44.2 Å². The topological polar surface area (TPSA) is 88.9 Å². The van der Waals surface area contributed by atoms with Crippen molar-refractivity contribution >= 4 is 11.8 Å². The maximum Gasteiger partial charge on any atom is 0.254 e. The summed E-state index contributed by atoms with van der Waals surface area (Å²) < 4.78 is 1.91. The number of nitrogens with one attached hydrogen (secondary N) is 2. The first-order valence-corrected chi connectivity index (χ1v) is 9.12. The molecule has 2 atom stereocenters. The van der Waals surface area contributed by atoms with Crippen molar-refractivity contribution in [3.05, 3.63) is 47.5 Å². The zero-order valence-corrected chi connectivity index (χ0v) is 15.2. The van der Waals surface area contributed by atoms with E-state index < -0.39 is 0 Å². The first kappa shape index (κ1) is 18.1. The van der Waals surface area contributed by atoms with Crippen molar-refractivity contribution in [3.8, 4) is 0 Å². The highest BCUT2D eigenvalue weighted by Gasteiger charge is 2.26. The van der Waals surface area contributed by atoms with Gasteiger partial charge in [-0.25, -0.2) is 0 Å². The second-order valence-electron chi connectivity index (χ2n) is 6.82. The molecule has 2 aromatic heterocycles. The Bertz CT molecular complexity index is 771. The van der Waals surface area contributed by atoms with Crippen molar-refractivity contribution in [1.29, 1.82) is 0 Å². The standard InChI is InChI=1S/C19H25N5O2/c1-3-13(2)23-19(26)16-12-22-24-8-6-14(9-17(16)24)10-21-18(25)15-5-4-7-20-11-15/h4-5,7,11-14H,3,6,8-10H2,1-2H3,(H,21,25)(H,23,26)/t13-,14-/m0/s1. The molecule has 7 heteroatoms. The molecule has 138 valence electrons. The van der Waals surface area contributed by atoms with E-state index in [4.69, 9.17) is 0 Å². The molecule has 2 amide bonds. The number of hydrogen-bond donors (Lipinski definition) is 2. The van der Waals surface area contributed by atoms with Crippen LogP contribution in [-0.4, -0.2) is 39.2 Å². The van der Waals surface area contributed by atoms with Crippen LogP contribution in [0.1, 0.15) is 53.1 Å². The van der Waals surface area contributed by atoms with E-state index >= 15 is 0 Å². The monoisotopic (exact) mass is 355 g/mol. The molecule has 3 heterocycles. The first-order chi connectivity index (χ1) is 12.6. The molecule has 0 spiro atoms. The fourth-order valence-corrected chi connectivity index (χ4v) is 3.10. The van der Waals surface area contributed by atoms with Gasteiger partial charge in [-0.3, -0.25) is 19.3 Å². The summed E-state index contributed by atoms with van der Waals surface area (Å²) in [5.41, 5.74) is 2.16. The van der Waals surface area contributed by atoms with Gasteiger partial charge >= 0.3 is 0 Å². The number of carbonyl (C=O) groups is 2. The summed E-state index contributed by atoms with van der Waals surface area (Å²) >= 11 is 0. The van der Waals surface area contributed by atoms with Crippen molar-refractivity contribution in [1.82, 2.24) is 25.4 Å². The van der Waals surface area contributed by atoms with E-state index in [0.29, 0.717) is 17.7 Å². The van der Waals surface area contributed by atoms with Crippen LogP contribution in [0.4, 0.5) is 0 Å². The number of hydrogen-bond acceptors (Lipinski definition) is 4. The SMILES string of the molecule is CC[C@H](C)NC(=O)c1cnn2c1C[C@@H](CNC(=O)c1cccnc1)CC2. The molecule has 0 fully saturated rings. The van der Waals surface area contributed by atoms with Crippen molar-refractivity contribution in [2.24, 2.45) is 5.92 Å². The number of rotatable bonds is 6. The van der Waals surface area contributed by atoms with Gasteiger partial charge in [0.2, 0.25) is 0 Å². The number of pyridine rings is 1. The van der Waals surface area contributed by atoms with Gasteiger partial charge in [-0.2, -0.15) is 5.10 Å². The van der Waals surface area contributed by atoms with Gasteiger partial charge in [0.15, 0.2) is 0 Å². The predicted molar refractivity (Wildman–Crippen MR) is 97.8 cm³/mol. The minimum absolute atomic E-state index is 0.0688. The molecule has 0 unspecified atom stereocenters. The zero-order chi connectivity index (χ0) is 18.5. The van der Waals surface area contributed by atoms with Crippen molar-refractivity contribution in [2.45, 2.75) is 45.7 Å².